The number of hydrogen-bond acceptors (Lipinski definition) is 1. The summed E-state index contributed by atoms with van der Waals surface area (Å²) in [5.41, 5.74) is 0.152. The molecule has 0 heterocycles. The lowest BCUT2D eigenvalue weighted by Gasteiger charge is -2.48. The molecule has 0 aromatic heterocycles. The smallest absolute Gasteiger partial charge is 0.235 e. The highest BCUT2D eigenvalue weighted by Gasteiger charge is 2.60. The van der Waals surface area contributed by atoms with Crippen LogP contribution in [0.25, 0.3) is 0 Å². The molecule has 2 saturated carbocycles. The van der Waals surface area contributed by atoms with Gasteiger partial charge in [0, 0.05) is 5.54 Å². The number of fused-ring (bicyclic) bond motifs is 2. The minimum Gasteiger partial charge on any atom is -0.349 e. The molecule has 0 aliphatic heterocycles. The first-order chi connectivity index (χ1) is 6.91. The number of halogens is 1. The number of amides is 1. The van der Waals surface area contributed by atoms with E-state index in [1.807, 2.05) is 0 Å². The maximum atomic E-state index is 11.5. The minimum atomic E-state index is -0.0537. The Morgan fingerprint density at radius 3 is 2.40 bits per heavy atom. The highest BCUT2D eigenvalue weighted by atomic mass is 35.5. The third-order valence-electron chi connectivity index (χ3n) is 5.13. The van der Waals surface area contributed by atoms with Gasteiger partial charge in [-0.25, -0.2) is 0 Å². The second kappa shape index (κ2) is 3.38. The van der Waals surface area contributed by atoms with Gasteiger partial charge >= 0.3 is 0 Å². The summed E-state index contributed by atoms with van der Waals surface area (Å²) >= 11 is 5.58. The zero-order chi connectivity index (χ0) is 11.3. The molecule has 0 radical (unpaired) electrons. The van der Waals surface area contributed by atoms with Gasteiger partial charge in [-0.3, -0.25) is 4.79 Å². The lowest BCUT2D eigenvalue weighted by molar-refractivity contribution is -0.123. The maximum absolute atomic E-state index is 11.5. The lowest BCUT2D eigenvalue weighted by Crippen LogP contribution is -2.59. The Bertz CT molecular complexity index is 289. The molecule has 86 valence electrons. The van der Waals surface area contributed by atoms with Gasteiger partial charge in [-0.2, -0.15) is 0 Å². The van der Waals surface area contributed by atoms with E-state index in [4.69, 9.17) is 11.6 Å². The Balaban J connectivity index is 2.23. The van der Waals surface area contributed by atoms with Gasteiger partial charge in [0.25, 0.3) is 0 Å². The first kappa shape index (κ1) is 11.3. The van der Waals surface area contributed by atoms with Crippen molar-refractivity contribution in [3.8, 4) is 0 Å². The van der Waals surface area contributed by atoms with Crippen LogP contribution in [0.1, 0.15) is 40.0 Å². The summed E-state index contributed by atoms with van der Waals surface area (Å²) in [6, 6.07) is 0. The average Bonchev–Trinajstić information content (AvgIpc) is 2.70. The largest absolute Gasteiger partial charge is 0.349 e. The number of rotatable bonds is 2. The maximum Gasteiger partial charge on any atom is 0.235 e. The Kier molecular flexibility index (Phi) is 2.53. The van der Waals surface area contributed by atoms with Crippen LogP contribution in [-0.2, 0) is 4.79 Å². The Morgan fingerprint density at radius 2 is 1.93 bits per heavy atom. The van der Waals surface area contributed by atoms with E-state index in [1.54, 1.807) is 0 Å². The highest BCUT2D eigenvalue weighted by Crippen LogP contribution is 2.61. The normalized spacial score (nSPS) is 41.9. The first-order valence-corrected chi connectivity index (χ1v) is 6.32. The minimum absolute atomic E-state index is 0.0280. The molecule has 3 heteroatoms. The predicted molar refractivity (Wildman–Crippen MR) is 61.9 cm³/mol. The second-order valence-electron chi connectivity index (χ2n) is 5.81. The highest BCUT2D eigenvalue weighted by molar-refractivity contribution is 6.27. The third kappa shape index (κ3) is 1.41. The Hall–Kier alpha value is -0.240. The van der Waals surface area contributed by atoms with Gasteiger partial charge in [0.1, 0.15) is 5.88 Å². The second-order valence-corrected chi connectivity index (χ2v) is 6.08. The zero-order valence-corrected chi connectivity index (χ0v) is 10.5. The summed E-state index contributed by atoms with van der Waals surface area (Å²) in [6.45, 7) is 6.76. The van der Waals surface area contributed by atoms with Crippen LogP contribution in [0.5, 0.6) is 0 Å². The standard InChI is InChI=1S/C12H20ClNO/c1-11(2)8-4-5-9(6-8)12(11,3)14-10(15)7-13/h8-9H,4-7H2,1-3H3,(H,14,15)/t8-,9+,12+/m0/s1. The number of nitrogens with one attached hydrogen (secondary N) is 1. The zero-order valence-electron chi connectivity index (χ0n) is 9.77. The number of carbonyl (C=O) groups is 1. The van der Waals surface area contributed by atoms with Gasteiger partial charge in [0.2, 0.25) is 5.91 Å². The van der Waals surface area contributed by atoms with Crippen molar-refractivity contribution in [3.05, 3.63) is 0 Å². The summed E-state index contributed by atoms with van der Waals surface area (Å²) in [5.74, 6) is 1.45. The van der Waals surface area contributed by atoms with E-state index in [1.165, 1.54) is 19.3 Å². The fourth-order valence-electron chi connectivity index (χ4n) is 3.70. The lowest BCUT2D eigenvalue weighted by atomic mass is 9.64. The van der Waals surface area contributed by atoms with Crippen LogP contribution in [0.2, 0.25) is 0 Å². The molecule has 0 saturated heterocycles. The van der Waals surface area contributed by atoms with Crippen LogP contribution in [-0.4, -0.2) is 17.3 Å². The van der Waals surface area contributed by atoms with Gasteiger partial charge in [-0.1, -0.05) is 13.8 Å². The number of hydrogen-bond donors (Lipinski definition) is 1. The van der Waals surface area contributed by atoms with E-state index in [9.17, 15) is 4.79 Å². The SMILES string of the molecule is CC1(C)[C@H]2CC[C@H](C2)[C@@]1(C)NC(=O)CCl. The van der Waals surface area contributed by atoms with Crippen LogP contribution in [0.4, 0.5) is 0 Å². The van der Waals surface area contributed by atoms with E-state index >= 15 is 0 Å². The number of alkyl halides is 1. The monoisotopic (exact) mass is 229 g/mol. The van der Waals surface area contributed by atoms with Gasteiger partial charge in [0.05, 0.1) is 0 Å². The molecule has 2 aliphatic carbocycles. The van der Waals surface area contributed by atoms with Crippen molar-refractivity contribution in [1.29, 1.82) is 0 Å². The molecule has 1 amide bonds. The Morgan fingerprint density at radius 1 is 1.33 bits per heavy atom. The van der Waals surface area contributed by atoms with E-state index in [2.05, 4.69) is 26.1 Å². The van der Waals surface area contributed by atoms with Crippen LogP contribution < -0.4 is 5.32 Å². The molecule has 15 heavy (non-hydrogen) atoms. The van der Waals surface area contributed by atoms with Crippen molar-refractivity contribution < 1.29 is 4.79 Å². The molecule has 2 bridgehead atoms. The van der Waals surface area contributed by atoms with E-state index in [0.29, 0.717) is 5.92 Å². The van der Waals surface area contributed by atoms with Crippen molar-refractivity contribution in [2.75, 3.05) is 5.88 Å². The molecule has 0 unspecified atom stereocenters. The molecular formula is C12H20ClNO. The summed E-state index contributed by atoms with van der Waals surface area (Å²) in [5, 5.41) is 3.16. The Labute approximate surface area is 96.8 Å². The fourth-order valence-corrected chi connectivity index (χ4v) is 3.76. The molecule has 3 atom stereocenters. The summed E-state index contributed by atoms with van der Waals surface area (Å²) in [4.78, 5) is 11.5. The molecule has 2 aliphatic rings. The van der Waals surface area contributed by atoms with Crippen molar-refractivity contribution in [2.24, 2.45) is 17.3 Å². The van der Waals surface area contributed by atoms with Crippen molar-refractivity contribution in [1.82, 2.24) is 5.32 Å². The van der Waals surface area contributed by atoms with Crippen molar-refractivity contribution in [2.45, 2.75) is 45.6 Å². The summed E-state index contributed by atoms with van der Waals surface area (Å²) < 4.78 is 0. The molecule has 2 nitrogen and oxygen atoms in total. The van der Waals surface area contributed by atoms with Gasteiger partial charge in [0.15, 0.2) is 0 Å². The molecule has 0 aromatic carbocycles. The van der Waals surface area contributed by atoms with Crippen LogP contribution in [0, 0.1) is 17.3 Å². The fraction of sp³-hybridized carbons (Fsp3) is 0.917. The third-order valence-corrected chi connectivity index (χ3v) is 5.37. The molecular weight excluding hydrogens is 210 g/mol. The first-order valence-electron chi connectivity index (χ1n) is 5.79. The van der Waals surface area contributed by atoms with Crippen molar-refractivity contribution in [3.63, 3.8) is 0 Å². The quantitative estimate of drug-likeness (QED) is 0.725. The van der Waals surface area contributed by atoms with Gasteiger partial charge in [-0.15, -0.1) is 11.6 Å². The molecule has 0 aromatic rings. The van der Waals surface area contributed by atoms with Crippen LogP contribution in [0.15, 0.2) is 0 Å². The summed E-state index contributed by atoms with van der Waals surface area (Å²) in [6.07, 6.45) is 3.85. The van der Waals surface area contributed by atoms with E-state index < -0.39 is 0 Å². The van der Waals surface area contributed by atoms with Crippen molar-refractivity contribution >= 4 is 17.5 Å². The number of carbonyl (C=O) groups excluding carboxylic acids is 1. The van der Waals surface area contributed by atoms with E-state index in [-0.39, 0.29) is 22.7 Å². The van der Waals surface area contributed by atoms with Gasteiger partial charge in [-0.05, 0) is 43.4 Å². The summed E-state index contributed by atoms with van der Waals surface area (Å²) in [7, 11) is 0. The van der Waals surface area contributed by atoms with E-state index in [0.717, 1.165) is 5.92 Å². The molecule has 2 fully saturated rings. The molecule has 2 rings (SSSR count). The molecule has 1 N–H and O–H groups in total. The van der Waals surface area contributed by atoms with Crippen LogP contribution in [0.3, 0.4) is 0 Å². The average molecular weight is 230 g/mol. The predicted octanol–water partition coefficient (Wildman–Crippen LogP) is 2.56. The topological polar surface area (TPSA) is 29.1 Å². The van der Waals surface area contributed by atoms with Gasteiger partial charge < -0.3 is 5.32 Å². The molecule has 0 spiro atoms. The van der Waals surface area contributed by atoms with Crippen LogP contribution >= 0.6 is 11.6 Å².